The third kappa shape index (κ3) is 29.6. The number of hydrogen-bond acceptors (Lipinski definition) is 4. The summed E-state index contributed by atoms with van der Waals surface area (Å²) in [7, 11) is 1.38. The van der Waals surface area contributed by atoms with Gasteiger partial charge in [-0.25, -0.2) is 0 Å². The van der Waals surface area contributed by atoms with Crippen molar-refractivity contribution in [1.29, 1.82) is 0 Å². The molecule has 28 heavy (non-hydrogen) atoms. The molecule has 0 aliphatic rings. The number of esters is 1. The lowest BCUT2D eigenvalue weighted by Gasteiger charge is -2.02. The van der Waals surface area contributed by atoms with Crippen LogP contribution < -0.4 is 0 Å². The van der Waals surface area contributed by atoms with Crippen molar-refractivity contribution in [1.82, 2.24) is 0 Å². The van der Waals surface area contributed by atoms with Gasteiger partial charge in [0, 0.05) is 19.3 Å². The van der Waals surface area contributed by atoms with Crippen molar-refractivity contribution in [2.75, 3.05) is 7.11 Å². The number of hydrogen-bond donors (Lipinski definition) is 0. The standard InChI is InChI=1S/C16H32O.C8H14O3/c1-2-3-4-5-6-7-8-9-10-11-12-13-14-15-16-17;1-11-8(10)6-4-2-3-5-7-9/h16H,2-15H2,1H3;7H,2-6H2,1H3. The molecule has 0 unspecified atom stereocenters. The Kier molecular flexibility index (Phi) is 29.0. The number of rotatable bonds is 20. The van der Waals surface area contributed by atoms with Crippen LogP contribution in [0.15, 0.2) is 0 Å². The number of carbonyl (C=O) groups is 3. The topological polar surface area (TPSA) is 60.4 Å². The minimum Gasteiger partial charge on any atom is -0.469 e. The number of ether oxygens (including phenoxy) is 1. The summed E-state index contributed by atoms with van der Waals surface area (Å²) in [5.74, 6) is -0.170. The van der Waals surface area contributed by atoms with Gasteiger partial charge in [-0.3, -0.25) is 4.79 Å². The molecule has 0 radical (unpaired) electrons. The van der Waals surface area contributed by atoms with E-state index in [0.29, 0.717) is 12.8 Å². The molecule has 0 spiro atoms. The summed E-state index contributed by atoms with van der Waals surface area (Å²) in [5.41, 5.74) is 0. The van der Waals surface area contributed by atoms with E-state index >= 15 is 0 Å². The monoisotopic (exact) mass is 398 g/mol. The van der Waals surface area contributed by atoms with E-state index in [9.17, 15) is 14.4 Å². The zero-order valence-electron chi connectivity index (χ0n) is 18.7. The number of aldehydes is 2. The fraction of sp³-hybridized carbons (Fsp3) is 0.875. The van der Waals surface area contributed by atoms with Crippen LogP contribution in [-0.4, -0.2) is 25.7 Å². The summed E-state index contributed by atoms with van der Waals surface area (Å²) >= 11 is 0. The van der Waals surface area contributed by atoms with E-state index < -0.39 is 0 Å². The molecular formula is C24H46O4. The first-order valence-electron chi connectivity index (χ1n) is 11.7. The molecule has 0 atom stereocenters. The molecule has 0 amide bonds. The largest absolute Gasteiger partial charge is 0.469 e. The van der Waals surface area contributed by atoms with Gasteiger partial charge in [-0.2, -0.15) is 0 Å². The molecule has 0 fully saturated rings. The minimum absolute atomic E-state index is 0.170. The molecule has 0 aromatic rings. The summed E-state index contributed by atoms with van der Waals surface area (Å²) in [5, 5.41) is 0. The predicted molar refractivity (Wildman–Crippen MR) is 118 cm³/mol. The Balaban J connectivity index is 0. The predicted octanol–water partition coefficient (Wildman–Crippen LogP) is 6.98. The van der Waals surface area contributed by atoms with Gasteiger partial charge in [0.2, 0.25) is 0 Å². The highest BCUT2D eigenvalue weighted by molar-refractivity contribution is 5.68. The van der Waals surface area contributed by atoms with Crippen LogP contribution in [0.5, 0.6) is 0 Å². The maximum Gasteiger partial charge on any atom is 0.305 e. The van der Waals surface area contributed by atoms with Crippen molar-refractivity contribution in [2.24, 2.45) is 0 Å². The molecule has 0 aliphatic heterocycles. The molecule has 0 N–H and O–H groups in total. The Bertz CT molecular complexity index is 329. The zero-order chi connectivity index (χ0) is 21.1. The lowest BCUT2D eigenvalue weighted by molar-refractivity contribution is -0.140. The second-order valence-corrected chi connectivity index (χ2v) is 7.54. The number of methoxy groups -OCH3 is 1. The third-order valence-electron chi connectivity index (χ3n) is 4.86. The van der Waals surface area contributed by atoms with Gasteiger partial charge in [-0.05, 0) is 19.3 Å². The summed E-state index contributed by atoms with van der Waals surface area (Å²) in [6.45, 7) is 2.27. The molecule has 4 heteroatoms. The molecule has 166 valence electrons. The van der Waals surface area contributed by atoms with Crippen LogP contribution >= 0.6 is 0 Å². The average Bonchev–Trinajstić information content (AvgIpc) is 2.71. The van der Waals surface area contributed by atoms with E-state index in [1.54, 1.807) is 0 Å². The van der Waals surface area contributed by atoms with Crippen molar-refractivity contribution in [3.05, 3.63) is 0 Å². The molecular weight excluding hydrogens is 352 g/mol. The van der Waals surface area contributed by atoms with Crippen LogP contribution in [0.3, 0.4) is 0 Å². The Morgan fingerprint density at radius 2 is 0.964 bits per heavy atom. The van der Waals surface area contributed by atoms with Crippen molar-refractivity contribution in [3.8, 4) is 0 Å². The Morgan fingerprint density at radius 1 is 0.607 bits per heavy atom. The van der Waals surface area contributed by atoms with E-state index in [4.69, 9.17) is 0 Å². The molecule has 0 bridgehead atoms. The second-order valence-electron chi connectivity index (χ2n) is 7.54. The summed E-state index contributed by atoms with van der Waals surface area (Å²) in [4.78, 5) is 30.5. The Labute approximate surface area is 174 Å². The van der Waals surface area contributed by atoms with Gasteiger partial charge >= 0.3 is 5.97 Å². The highest BCUT2D eigenvalue weighted by Gasteiger charge is 1.98. The lowest BCUT2D eigenvalue weighted by atomic mass is 10.0. The first kappa shape index (κ1) is 29.0. The Hall–Kier alpha value is -1.19. The van der Waals surface area contributed by atoms with Crippen LogP contribution in [0.1, 0.15) is 129 Å². The van der Waals surface area contributed by atoms with Gasteiger partial charge in [-0.15, -0.1) is 0 Å². The van der Waals surface area contributed by atoms with E-state index in [0.717, 1.165) is 44.7 Å². The summed E-state index contributed by atoms with van der Waals surface area (Å²) in [6.07, 6.45) is 24.2. The molecule has 0 heterocycles. The average molecular weight is 399 g/mol. The van der Waals surface area contributed by atoms with Crippen molar-refractivity contribution in [3.63, 3.8) is 0 Å². The van der Waals surface area contributed by atoms with Gasteiger partial charge in [0.25, 0.3) is 0 Å². The van der Waals surface area contributed by atoms with Crippen LogP contribution in [0.25, 0.3) is 0 Å². The molecule has 0 aromatic carbocycles. The quantitative estimate of drug-likeness (QED) is 0.126. The highest BCUT2D eigenvalue weighted by atomic mass is 16.5. The summed E-state index contributed by atoms with van der Waals surface area (Å²) < 4.78 is 4.45. The van der Waals surface area contributed by atoms with E-state index in [1.807, 2.05) is 0 Å². The first-order valence-corrected chi connectivity index (χ1v) is 11.7. The maximum absolute atomic E-state index is 10.6. The molecule has 0 aliphatic carbocycles. The van der Waals surface area contributed by atoms with Gasteiger partial charge in [0.15, 0.2) is 0 Å². The molecule has 0 saturated heterocycles. The zero-order valence-corrected chi connectivity index (χ0v) is 18.7. The molecule has 0 aromatic heterocycles. The fourth-order valence-corrected chi connectivity index (χ4v) is 3.02. The first-order chi connectivity index (χ1) is 13.7. The van der Waals surface area contributed by atoms with Gasteiger partial charge in [0.05, 0.1) is 7.11 Å². The second kappa shape index (κ2) is 28.0. The maximum atomic E-state index is 10.6. The van der Waals surface area contributed by atoms with Crippen LogP contribution in [-0.2, 0) is 19.1 Å². The van der Waals surface area contributed by atoms with Crippen molar-refractivity contribution < 1.29 is 19.1 Å². The van der Waals surface area contributed by atoms with Gasteiger partial charge < -0.3 is 14.3 Å². The normalized spacial score (nSPS) is 10.1. The Morgan fingerprint density at radius 3 is 1.32 bits per heavy atom. The summed E-state index contributed by atoms with van der Waals surface area (Å²) in [6, 6.07) is 0. The van der Waals surface area contributed by atoms with Crippen molar-refractivity contribution >= 4 is 18.5 Å². The van der Waals surface area contributed by atoms with Crippen LogP contribution in [0.4, 0.5) is 0 Å². The van der Waals surface area contributed by atoms with Crippen LogP contribution in [0.2, 0.25) is 0 Å². The minimum atomic E-state index is -0.170. The van der Waals surface area contributed by atoms with Gasteiger partial charge in [-0.1, -0.05) is 90.4 Å². The number of unbranched alkanes of at least 4 members (excludes halogenated alkanes) is 16. The van der Waals surface area contributed by atoms with E-state index in [2.05, 4.69) is 11.7 Å². The van der Waals surface area contributed by atoms with Crippen LogP contribution in [0, 0.1) is 0 Å². The molecule has 4 nitrogen and oxygen atoms in total. The molecule has 0 rings (SSSR count). The van der Waals surface area contributed by atoms with Gasteiger partial charge in [0.1, 0.15) is 12.6 Å². The number of carbonyl (C=O) groups excluding carboxylic acids is 3. The van der Waals surface area contributed by atoms with E-state index in [-0.39, 0.29) is 5.97 Å². The third-order valence-corrected chi connectivity index (χ3v) is 4.86. The molecule has 0 saturated carbocycles. The smallest absolute Gasteiger partial charge is 0.305 e. The van der Waals surface area contributed by atoms with Crippen molar-refractivity contribution in [2.45, 2.75) is 129 Å². The van der Waals surface area contributed by atoms with E-state index in [1.165, 1.54) is 84.2 Å². The highest BCUT2D eigenvalue weighted by Crippen LogP contribution is 2.12. The fourth-order valence-electron chi connectivity index (χ4n) is 3.02. The SMILES string of the molecule is CCCCCCCCCCCCCCCC=O.COC(=O)CCCCCC=O. The lowest BCUT2D eigenvalue weighted by Crippen LogP contribution is -1.99.